The summed E-state index contributed by atoms with van der Waals surface area (Å²) in [6, 6.07) is 11.5. The molecular formula is C24H22F2N2O5S. The van der Waals surface area contributed by atoms with Gasteiger partial charge >= 0.3 is 6.61 Å². The van der Waals surface area contributed by atoms with E-state index in [9.17, 15) is 17.2 Å². The van der Waals surface area contributed by atoms with Crippen molar-refractivity contribution in [2.75, 3.05) is 13.7 Å². The van der Waals surface area contributed by atoms with Crippen molar-refractivity contribution in [1.29, 1.82) is 0 Å². The lowest BCUT2D eigenvalue weighted by Crippen LogP contribution is -2.19. The Hall–Kier alpha value is -3.34. The molecule has 1 atom stereocenters. The number of nitrogens with two attached hydrogens (primary N) is 1. The summed E-state index contributed by atoms with van der Waals surface area (Å²) in [7, 11) is -2.20. The molecule has 0 bridgehead atoms. The summed E-state index contributed by atoms with van der Waals surface area (Å²) in [5.41, 5.74) is 3.47. The maximum Gasteiger partial charge on any atom is 0.387 e. The molecule has 0 fully saturated rings. The van der Waals surface area contributed by atoms with Crippen LogP contribution in [0.1, 0.15) is 28.4 Å². The Morgan fingerprint density at radius 3 is 2.76 bits per heavy atom. The second-order valence-electron chi connectivity index (χ2n) is 7.64. The minimum atomic E-state index is -3.79. The first-order chi connectivity index (χ1) is 16.2. The van der Waals surface area contributed by atoms with Crippen LogP contribution in [-0.2, 0) is 20.5 Å². The largest absolute Gasteiger partial charge is 0.480 e. The van der Waals surface area contributed by atoms with Gasteiger partial charge in [0.1, 0.15) is 11.5 Å². The lowest BCUT2D eigenvalue weighted by atomic mass is 9.88. The number of halogens is 2. The van der Waals surface area contributed by atoms with Gasteiger partial charge in [0.05, 0.1) is 17.9 Å². The summed E-state index contributed by atoms with van der Waals surface area (Å²) in [5.74, 6) is -0.0662. The first-order valence-electron chi connectivity index (χ1n) is 10.2. The van der Waals surface area contributed by atoms with Crippen molar-refractivity contribution in [3.63, 3.8) is 0 Å². The summed E-state index contributed by atoms with van der Waals surface area (Å²) >= 11 is 0. The van der Waals surface area contributed by atoms with Crippen molar-refractivity contribution in [1.82, 2.24) is 4.98 Å². The molecule has 1 aliphatic rings. The number of ether oxygens (including phenoxy) is 3. The summed E-state index contributed by atoms with van der Waals surface area (Å²) in [6.07, 6.45) is 6.33. The number of sulfonamides is 1. The summed E-state index contributed by atoms with van der Waals surface area (Å²) in [5, 5.41) is 5.23. The molecule has 0 amide bonds. The van der Waals surface area contributed by atoms with E-state index in [0.29, 0.717) is 40.2 Å². The van der Waals surface area contributed by atoms with Crippen LogP contribution in [0.5, 0.6) is 11.5 Å². The molecule has 10 heteroatoms. The van der Waals surface area contributed by atoms with Crippen LogP contribution in [0.3, 0.4) is 0 Å². The molecule has 3 aromatic rings. The molecule has 0 saturated heterocycles. The minimum absolute atomic E-state index is 0.0410. The van der Waals surface area contributed by atoms with E-state index in [-0.39, 0.29) is 11.5 Å². The van der Waals surface area contributed by atoms with Gasteiger partial charge in [0, 0.05) is 30.6 Å². The van der Waals surface area contributed by atoms with E-state index < -0.39 is 22.7 Å². The van der Waals surface area contributed by atoms with Crippen LogP contribution in [0, 0.1) is 0 Å². The standard InChI is InChI=1S/C24H22F2N2O5S/c1-31-9-3-4-15-10-17(13-28-12-15)23-19-11-16(14-34(27,29)30)7-8-18(19)22-20(32-23)5-2-6-21(22)33-24(25)26/h2-8,10-13,23-24H,9,14H2,1H3,(H2,27,29,30)/b4-3+. The summed E-state index contributed by atoms with van der Waals surface area (Å²) in [6.45, 7) is -2.58. The fraction of sp³-hybridized carbons (Fsp3) is 0.208. The van der Waals surface area contributed by atoms with Crippen LogP contribution in [0.4, 0.5) is 8.78 Å². The van der Waals surface area contributed by atoms with Crippen LogP contribution in [0.15, 0.2) is 60.9 Å². The fourth-order valence-electron chi connectivity index (χ4n) is 3.88. The van der Waals surface area contributed by atoms with Crippen LogP contribution in [0.2, 0.25) is 0 Å². The molecule has 178 valence electrons. The number of hydrogen-bond donors (Lipinski definition) is 1. The monoisotopic (exact) mass is 488 g/mol. The average Bonchev–Trinajstić information content (AvgIpc) is 2.77. The van der Waals surface area contributed by atoms with Gasteiger partial charge in [0.25, 0.3) is 0 Å². The third-order valence-electron chi connectivity index (χ3n) is 5.14. The fourth-order valence-corrected chi connectivity index (χ4v) is 4.52. The number of nitrogens with zero attached hydrogens (tertiary/aromatic N) is 1. The van der Waals surface area contributed by atoms with Gasteiger partial charge in [-0.2, -0.15) is 8.78 Å². The van der Waals surface area contributed by atoms with E-state index in [1.807, 2.05) is 18.2 Å². The lowest BCUT2D eigenvalue weighted by Gasteiger charge is -2.30. The van der Waals surface area contributed by atoms with Gasteiger partial charge in [0.2, 0.25) is 10.0 Å². The first-order valence-corrected chi connectivity index (χ1v) is 12.0. The summed E-state index contributed by atoms with van der Waals surface area (Å²) < 4.78 is 65.5. The van der Waals surface area contributed by atoms with Crippen molar-refractivity contribution in [2.45, 2.75) is 18.5 Å². The Morgan fingerprint density at radius 2 is 2.03 bits per heavy atom. The van der Waals surface area contributed by atoms with Crippen molar-refractivity contribution in [2.24, 2.45) is 5.14 Å². The van der Waals surface area contributed by atoms with E-state index in [1.54, 1.807) is 49.8 Å². The van der Waals surface area contributed by atoms with E-state index in [1.165, 1.54) is 6.07 Å². The number of rotatable bonds is 8. The van der Waals surface area contributed by atoms with Gasteiger partial charge in [-0.1, -0.05) is 36.4 Å². The Morgan fingerprint density at radius 1 is 1.21 bits per heavy atom. The zero-order chi connectivity index (χ0) is 24.3. The molecule has 7 nitrogen and oxygen atoms in total. The highest BCUT2D eigenvalue weighted by Crippen LogP contribution is 2.49. The Bertz CT molecular complexity index is 1330. The molecule has 1 aliphatic heterocycles. The van der Waals surface area contributed by atoms with Crippen molar-refractivity contribution in [3.05, 3.63) is 83.2 Å². The van der Waals surface area contributed by atoms with Crippen LogP contribution >= 0.6 is 0 Å². The zero-order valence-corrected chi connectivity index (χ0v) is 19.0. The lowest BCUT2D eigenvalue weighted by molar-refractivity contribution is -0.0496. The maximum absolute atomic E-state index is 13.1. The SMILES string of the molecule is COC/C=C/c1cncc(C2Oc3cccc(OC(F)F)c3-c3ccc(CS(N)(=O)=O)cc32)c1. The van der Waals surface area contributed by atoms with E-state index in [0.717, 1.165) is 5.56 Å². The highest BCUT2D eigenvalue weighted by atomic mass is 32.2. The first kappa shape index (κ1) is 23.8. The predicted molar refractivity (Wildman–Crippen MR) is 123 cm³/mol. The second kappa shape index (κ2) is 9.88. The minimum Gasteiger partial charge on any atom is -0.480 e. The Balaban J connectivity index is 1.85. The zero-order valence-electron chi connectivity index (χ0n) is 18.1. The van der Waals surface area contributed by atoms with Gasteiger partial charge in [-0.05, 0) is 34.9 Å². The van der Waals surface area contributed by atoms with Gasteiger partial charge < -0.3 is 14.2 Å². The smallest absolute Gasteiger partial charge is 0.387 e. The van der Waals surface area contributed by atoms with E-state index >= 15 is 0 Å². The Kier molecular flexibility index (Phi) is 6.92. The molecule has 1 unspecified atom stereocenters. The van der Waals surface area contributed by atoms with Crippen molar-refractivity contribution in [3.8, 4) is 22.6 Å². The Labute approximate surface area is 195 Å². The number of fused-ring (bicyclic) bond motifs is 3. The highest BCUT2D eigenvalue weighted by molar-refractivity contribution is 7.88. The molecule has 34 heavy (non-hydrogen) atoms. The van der Waals surface area contributed by atoms with E-state index in [2.05, 4.69) is 4.98 Å². The number of pyridine rings is 1. The molecule has 0 spiro atoms. The molecule has 1 aromatic heterocycles. The molecule has 2 aromatic carbocycles. The van der Waals surface area contributed by atoms with Gasteiger partial charge in [-0.25, -0.2) is 13.6 Å². The molecule has 2 heterocycles. The number of benzene rings is 2. The molecule has 0 saturated carbocycles. The molecule has 4 rings (SSSR count). The van der Waals surface area contributed by atoms with Crippen molar-refractivity contribution < 1.29 is 31.4 Å². The van der Waals surface area contributed by atoms with Crippen LogP contribution in [0.25, 0.3) is 17.2 Å². The average molecular weight is 489 g/mol. The molecule has 2 N–H and O–H groups in total. The number of primary sulfonamides is 1. The molecule has 0 radical (unpaired) electrons. The van der Waals surface area contributed by atoms with Crippen LogP contribution < -0.4 is 14.6 Å². The summed E-state index contributed by atoms with van der Waals surface area (Å²) in [4.78, 5) is 4.29. The van der Waals surface area contributed by atoms with Gasteiger partial charge in [-0.3, -0.25) is 4.98 Å². The van der Waals surface area contributed by atoms with Crippen molar-refractivity contribution >= 4 is 16.1 Å². The van der Waals surface area contributed by atoms with Crippen LogP contribution in [-0.4, -0.2) is 33.7 Å². The quantitative estimate of drug-likeness (QED) is 0.508. The van der Waals surface area contributed by atoms with Gasteiger partial charge in [-0.15, -0.1) is 0 Å². The third-order valence-corrected chi connectivity index (χ3v) is 5.88. The molecular weight excluding hydrogens is 466 g/mol. The number of methoxy groups -OCH3 is 1. The van der Waals surface area contributed by atoms with Gasteiger partial charge in [0.15, 0.2) is 6.10 Å². The number of alkyl halides is 2. The second-order valence-corrected chi connectivity index (χ2v) is 9.26. The predicted octanol–water partition coefficient (Wildman–Crippen LogP) is 4.28. The molecule has 0 aliphatic carbocycles. The normalized spacial score (nSPS) is 15.1. The number of aromatic nitrogens is 1. The maximum atomic E-state index is 13.1. The third kappa shape index (κ3) is 5.41. The van der Waals surface area contributed by atoms with E-state index in [4.69, 9.17) is 19.3 Å². The highest BCUT2D eigenvalue weighted by Gasteiger charge is 2.31. The number of hydrogen-bond acceptors (Lipinski definition) is 6. The topological polar surface area (TPSA) is 101 Å².